The van der Waals surface area contributed by atoms with Crippen molar-refractivity contribution in [1.82, 2.24) is 10.6 Å². The molecule has 1 aliphatic rings. The van der Waals surface area contributed by atoms with Gasteiger partial charge in [0.25, 0.3) is 0 Å². The lowest BCUT2D eigenvalue weighted by atomic mass is 9.99. The maximum absolute atomic E-state index is 11.9. The van der Waals surface area contributed by atoms with E-state index < -0.39 is 6.04 Å². The predicted molar refractivity (Wildman–Crippen MR) is 76.3 cm³/mol. The molecule has 1 aliphatic heterocycles. The van der Waals surface area contributed by atoms with Gasteiger partial charge in [0.2, 0.25) is 5.91 Å². The first-order valence-electron chi connectivity index (χ1n) is 6.96. The second kappa shape index (κ2) is 6.17. The molecule has 104 valence electrons. The third-order valence-corrected chi connectivity index (χ3v) is 3.93. The Morgan fingerprint density at radius 2 is 2.16 bits per heavy atom. The molecule has 0 bridgehead atoms. The summed E-state index contributed by atoms with van der Waals surface area (Å²) < 4.78 is 0. The number of carbonyl (C=O) groups is 1. The Labute approximate surface area is 114 Å². The van der Waals surface area contributed by atoms with E-state index in [0.717, 1.165) is 25.1 Å². The van der Waals surface area contributed by atoms with Crippen LogP contribution < -0.4 is 16.4 Å². The molecule has 1 heterocycles. The highest BCUT2D eigenvalue weighted by atomic mass is 16.2. The highest BCUT2D eigenvalue weighted by Crippen LogP contribution is 2.17. The number of carbonyl (C=O) groups excluding carboxylic acids is 1. The summed E-state index contributed by atoms with van der Waals surface area (Å²) in [6, 6.07) is 5.94. The number of fused-ring (bicyclic) bond motifs is 1. The molecule has 4 heteroatoms. The summed E-state index contributed by atoms with van der Waals surface area (Å²) in [7, 11) is 0. The Morgan fingerprint density at radius 1 is 1.42 bits per heavy atom. The Kier molecular flexibility index (Phi) is 4.56. The van der Waals surface area contributed by atoms with Crippen LogP contribution in [0.2, 0.25) is 0 Å². The van der Waals surface area contributed by atoms with E-state index in [2.05, 4.69) is 28.8 Å². The summed E-state index contributed by atoms with van der Waals surface area (Å²) in [4.78, 5) is 11.9. The molecule has 1 aromatic rings. The Bertz CT molecular complexity index is 459. The highest BCUT2D eigenvalue weighted by molar-refractivity contribution is 5.81. The number of benzene rings is 1. The van der Waals surface area contributed by atoms with Crippen molar-refractivity contribution in [2.45, 2.75) is 45.9 Å². The number of hydrogen-bond acceptors (Lipinski definition) is 3. The van der Waals surface area contributed by atoms with Gasteiger partial charge in [-0.1, -0.05) is 38.5 Å². The van der Waals surface area contributed by atoms with E-state index >= 15 is 0 Å². The van der Waals surface area contributed by atoms with Gasteiger partial charge in [-0.15, -0.1) is 0 Å². The second-order valence-corrected chi connectivity index (χ2v) is 5.34. The molecule has 0 aliphatic carbocycles. The van der Waals surface area contributed by atoms with Crippen molar-refractivity contribution < 1.29 is 4.79 Å². The summed E-state index contributed by atoms with van der Waals surface area (Å²) in [5, 5.41) is 6.23. The van der Waals surface area contributed by atoms with Gasteiger partial charge in [0, 0.05) is 19.6 Å². The van der Waals surface area contributed by atoms with E-state index in [1.807, 2.05) is 13.8 Å². The maximum atomic E-state index is 11.9. The molecular formula is C15H23N3O. The smallest absolute Gasteiger partial charge is 0.237 e. The molecule has 4 N–H and O–H groups in total. The number of hydrogen-bond donors (Lipinski definition) is 3. The Morgan fingerprint density at radius 3 is 2.89 bits per heavy atom. The normalized spacial score (nSPS) is 16.8. The molecule has 2 rings (SSSR count). The van der Waals surface area contributed by atoms with E-state index in [1.54, 1.807) is 0 Å². The summed E-state index contributed by atoms with van der Waals surface area (Å²) in [6.45, 7) is 6.47. The molecule has 0 aromatic heterocycles. The van der Waals surface area contributed by atoms with Crippen LogP contribution in [0.4, 0.5) is 0 Å². The van der Waals surface area contributed by atoms with Crippen LogP contribution >= 0.6 is 0 Å². The SMILES string of the molecule is CCC(C)C(N)C(=O)NCc1ccc2c(c1)CNC2. The number of rotatable bonds is 5. The first-order valence-corrected chi connectivity index (χ1v) is 6.96. The zero-order chi connectivity index (χ0) is 13.8. The molecular weight excluding hydrogens is 238 g/mol. The lowest BCUT2D eigenvalue weighted by Gasteiger charge is -2.17. The van der Waals surface area contributed by atoms with E-state index in [-0.39, 0.29) is 11.8 Å². The fourth-order valence-electron chi connectivity index (χ4n) is 2.28. The van der Waals surface area contributed by atoms with Crippen LogP contribution in [0.5, 0.6) is 0 Å². The van der Waals surface area contributed by atoms with Gasteiger partial charge in [0.15, 0.2) is 0 Å². The average molecular weight is 261 g/mol. The summed E-state index contributed by atoms with van der Waals surface area (Å²) in [5.41, 5.74) is 9.72. The van der Waals surface area contributed by atoms with Gasteiger partial charge < -0.3 is 16.4 Å². The average Bonchev–Trinajstić information content (AvgIpc) is 2.90. The van der Waals surface area contributed by atoms with Crippen LogP contribution in [0.3, 0.4) is 0 Å². The third-order valence-electron chi connectivity index (χ3n) is 3.93. The molecule has 2 unspecified atom stereocenters. The quantitative estimate of drug-likeness (QED) is 0.748. The van der Waals surface area contributed by atoms with Gasteiger partial charge in [-0.3, -0.25) is 4.79 Å². The fraction of sp³-hybridized carbons (Fsp3) is 0.533. The predicted octanol–water partition coefficient (Wildman–Crippen LogP) is 1.28. The highest BCUT2D eigenvalue weighted by Gasteiger charge is 2.19. The molecule has 0 radical (unpaired) electrons. The van der Waals surface area contributed by atoms with Crippen LogP contribution in [0.15, 0.2) is 18.2 Å². The van der Waals surface area contributed by atoms with Gasteiger partial charge in [0.05, 0.1) is 6.04 Å². The van der Waals surface area contributed by atoms with Crippen LogP contribution in [-0.4, -0.2) is 11.9 Å². The van der Waals surface area contributed by atoms with Crippen molar-refractivity contribution in [3.63, 3.8) is 0 Å². The molecule has 1 amide bonds. The van der Waals surface area contributed by atoms with Crippen molar-refractivity contribution in [3.05, 3.63) is 34.9 Å². The van der Waals surface area contributed by atoms with Gasteiger partial charge in [0.1, 0.15) is 0 Å². The minimum absolute atomic E-state index is 0.0621. The van der Waals surface area contributed by atoms with Crippen molar-refractivity contribution in [2.75, 3.05) is 0 Å². The van der Waals surface area contributed by atoms with Crippen LogP contribution in [0.1, 0.15) is 37.0 Å². The molecule has 19 heavy (non-hydrogen) atoms. The summed E-state index contributed by atoms with van der Waals surface area (Å²) in [6.07, 6.45) is 0.916. The minimum Gasteiger partial charge on any atom is -0.351 e. The monoisotopic (exact) mass is 261 g/mol. The first-order chi connectivity index (χ1) is 9.11. The molecule has 0 fully saturated rings. The molecule has 0 saturated heterocycles. The van der Waals surface area contributed by atoms with Gasteiger partial charge >= 0.3 is 0 Å². The van der Waals surface area contributed by atoms with Crippen molar-refractivity contribution in [3.8, 4) is 0 Å². The lowest BCUT2D eigenvalue weighted by Crippen LogP contribution is -2.44. The van der Waals surface area contributed by atoms with Crippen molar-refractivity contribution >= 4 is 5.91 Å². The largest absolute Gasteiger partial charge is 0.351 e. The topological polar surface area (TPSA) is 67.2 Å². The lowest BCUT2D eigenvalue weighted by molar-refractivity contribution is -0.123. The van der Waals surface area contributed by atoms with E-state index in [1.165, 1.54) is 11.1 Å². The van der Waals surface area contributed by atoms with Crippen LogP contribution in [0.25, 0.3) is 0 Å². The summed E-state index contributed by atoms with van der Waals surface area (Å²) in [5.74, 6) is 0.150. The standard InChI is InChI=1S/C15H23N3O/c1-3-10(2)14(16)15(19)18-7-11-4-5-12-8-17-9-13(12)6-11/h4-6,10,14,17H,3,7-9,16H2,1-2H3,(H,18,19). The fourth-order valence-corrected chi connectivity index (χ4v) is 2.28. The van der Waals surface area contributed by atoms with Crippen LogP contribution in [-0.2, 0) is 24.4 Å². The number of amides is 1. The van der Waals surface area contributed by atoms with E-state index in [4.69, 9.17) is 5.73 Å². The first kappa shape index (κ1) is 14.0. The molecule has 0 saturated carbocycles. The van der Waals surface area contributed by atoms with E-state index in [0.29, 0.717) is 6.54 Å². The zero-order valence-electron chi connectivity index (χ0n) is 11.7. The number of nitrogens with one attached hydrogen (secondary N) is 2. The molecule has 2 atom stereocenters. The Hall–Kier alpha value is -1.39. The molecule has 1 aromatic carbocycles. The van der Waals surface area contributed by atoms with Crippen molar-refractivity contribution in [2.24, 2.45) is 11.7 Å². The van der Waals surface area contributed by atoms with Gasteiger partial charge in [-0.05, 0) is 22.6 Å². The molecule has 0 spiro atoms. The van der Waals surface area contributed by atoms with Crippen molar-refractivity contribution in [1.29, 1.82) is 0 Å². The van der Waals surface area contributed by atoms with Crippen LogP contribution in [0, 0.1) is 5.92 Å². The minimum atomic E-state index is -0.416. The van der Waals surface area contributed by atoms with Gasteiger partial charge in [-0.25, -0.2) is 0 Å². The summed E-state index contributed by atoms with van der Waals surface area (Å²) >= 11 is 0. The molecule has 4 nitrogen and oxygen atoms in total. The Balaban J connectivity index is 1.90. The van der Waals surface area contributed by atoms with E-state index in [9.17, 15) is 4.79 Å². The number of nitrogens with two attached hydrogens (primary N) is 1. The zero-order valence-corrected chi connectivity index (χ0v) is 11.7. The third kappa shape index (κ3) is 3.33. The maximum Gasteiger partial charge on any atom is 0.237 e. The van der Waals surface area contributed by atoms with Gasteiger partial charge in [-0.2, -0.15) is 0 Å². The second-order valence-electron chi connectivity index (χ2n) is 5.34.